The van der Waals surface area contributed by atoms with Crippen LogP contribution in [0.2, 0.25) is 0 Å². The van der Waals surface area contributed by atoms with Crippen molar-refractivity contribution in [3.63, 3.8) is 0 Å². The molecule has 0 aromatic heterocycles. The van der Waals surface area contributed by atoms with Crippen LogP contribution in [0.3, 0.4) is 0 Å². The molecule has 5 nitrogen and oxygen atoms in total. The normalized spacial score (nSPS) is 10.4. The third kappa shape index (κ3) is 8.31. The molecule has 0 unspecified atom stereocenters. The van der Waals surface area contributed by atoms with E-state index in [-0.39, 0.29) is 12.5 Å². The topological polar surface area (TPSA) is 70.6 Å². The molecule has 0 aliphatic rings. The molecule has 0 spiro atoms. The Morgan fingerprint density at radius 2 is 2.00 bits per heavy atom. The Morgan fingerprint density at radius 3 is 2.74 bits per heavy atom. The number of aliphatic hydroxyl groups excluding tert-OH is 1. The fourth-order valence-electron chi connectivity index (χ4n) is 1.53. The monoisotopic (exact) mass is 266 g/mol. The number of amides is 1. The van der Waals surface area contributed by atoms with E-state index in [9.17, 15) is 4.79 Å². The van der Waals surface area contributed by atoms with Gasteiger partial charge in [0.15, 0.2) is 0 Å². The predicted octanol–water partition coefficient (Wildman–Crippen LogP) is 0.291. The van der Waals surface area contributed by atoms with Crippen LogP contribution in [0.15, 0.2) is 30.3 Å². The van der Waals surface area contributed by atoms with E-state index >= 15 is 0 Å². The molecule has 1 amide bonds. The number of aliphatic hydroxyl groups is 1. The van der Waals surface area contributed by atoms with Crippen LogP contribution in [0, 0.1) is 0 Å². The van der Waals surface area contributed by atoms with Gasteiger partial charge in [-0.25, -0.2) is 0 Å². The molecular weight excluding hydrogens is 244 g/mol. The fourth-order valence-corrected chi connectivity index (χ4v) is 1.53. The Balaban J connectivity index is 1.96. The number of hydrogen-bond acceptors (Lipinski definition) is 4. The van der Waals surface area contributed by atoms with Crippen LogP contribution < -0.4 is 10.6 Å². The molecule has 3 N–H and O–H groups in total. The SMILES string of the molecule is O=C(CNCCCOCCO)NCc1ccccc1. The third-order valence-corrected chi connectivity index (χ3v) is 2.50. The first kappa shape index (κ1) is 15.6. The van der Waals surface area contributed by atoms with Crippen molar-refractivity contribution < 1.29 is 14.6 Å². The second kappa shape index (κ2) is 10.5. The van der Waals surface area contributed by atoms with E-state index in [0.29, 0.717) is 26.3 Å². The van der Waals surface area contributed by atoms with Crippen molar-refractivity contribution in [2.24, 2.45) is 0 Å². The second-order valence-electron chi connectivity index (χ2n) is 4.13. The second-order valence-corrected chi connectivity index (χ2v) is 4.13. The lowest BCUT2D eigenvalue weighted by Crippen LogP contribution is -2.34. The minimum atomic E-state index is -0.0138. The minimum absolute atomic E-state index is 0.0138. The van der Waals surface area contributed by atoms with Gasteiger partial charge in [-0.3, -0.25) is 4.79 Å². The molecule has 19 heavy (non-hydrogen) atoms. The first-order valence-electron chi connectivity index (χ1n) is 6.53. The van der Waals surface area contributed by atoms with Crippen molar-refractivity contribution in [1.82, 2.24) is 10.6 Å². The number of carbonyl (C=O) groups excluding carboxylic acids is 1. The molecule has 1 aromatic carbocycles. The molecular formula is C14H22N2O3. The van der Waals surface area contributed by atoms with Gasteiger partial charge in [0.25, 0.3) is 0 Å². The van der Waals surface area contributed by atoms with Gasteiger partial charge in [0.1, 0.15) is 0 Å². The summed E-state index contributed by atoms with van der Waals surface area (Å²) in [5, 5.41) is 14.4. The Kier molecular flexibility index (Phi) is 8.63. The minimum Gasteiger partial charge on any atom is -0.394 e. The lowest BCUT2D eigenvalue weighted by Gasteiger charge is -2.07. The van der Waals surface area contributed by atoms with Crippen LogP contribution in [0.5, 0.6) is 0 Å². The summed E-state index contributed by atoms with van der Waals surface area (Å²) >= 11 is 0. The predicted molar refractivity (Wildman–Crippen MR) is 73.7 cm³/mol. The number of ether oxygens (including phenoxy) is 1. The lowest BCUT2D eigenvalue weighted by atomic mass is 10.2. The summed E-state index contributed by atoms with van der Waals surface area (Å²) in [6.45, 7) is 2.62. The molecule has 0 fully saturated rings. The van der Waals surface area contributed by atoms with Crippen molar-refractivity contribution in [2.45, 2.75) is 13.0 Å². The maximum atomic E-state index is 11.5. The van der Waals surface area contributed by atoms with E-state index in [1.54, 1.807) is 0 Å². The zero-order chi connectivity index (χ0) is 13.8. The van der Waals surface area contributed by atoms with Crippen LogP contribution in [0.4, 0.5) is 0 Å². The van der Waals surface area contributed by atoms with Crippen molar-refractivity contribution in [1.29, 1.82) is 0 Å². The van der Waals surface area contributed by atoms with Gasteiger partial charge in [-0.2, -0.15) is 0 Å². The van der Waals surface area contributed by atoms with Gasteiger partial charge in [0, 0.05) is 13.2 Å². The highest BCUT2D eigenvalue weighted by atomic mass is 16.5. The smallest absolute Gasteiger partial charge is 0.234 e. The summed E-state index contributed by atoms with van der Waals surface area (Å²) in [5.41, 5.74) is 1.09. The zero-order valence-electron chi connectivity index (χ0n) is 11.1. The van der Waals surface area contributed by atoms with Crippen LogP contribution >= 0.6 is 0 Å². The van der Waals surface area contributed by atoms with E-state index < -0.39 is 0 Å². The Bertz CT molecular complexity index is 344. The quantitative estimate of drug-likeness (QED) is 0.532. The fraction of sp³-hybridized carbons (Fsp3) is 0.500. The highest BCUT2D eigenvalue weighted by Gasteiger charge is 2.00. The summed E-state index contributed by atoms with van der Waals surface area (Å²) in [4.78, 5) is 11.5. The molecule has 1 aromatic rings. The van der Waals surface area contributed by atoms with Gasteiger partial charge in [-0.05, 0) is 18.5 Å². The standard InChI is InChI=1S/C14H22N2O3/c17-8-10-19-9-4-7-15-12-14(18)16-11-13-5-2-1-3-6-13/h1-3,5-6,15,17H,4,7-12H2,(H,16,18). The van der Waals surface area contributed by atoms with Gasteiger partial charge < -0.3 is 20.5 Å². The highest BCUT2D eigenvalue weighted by Crippen LogP contribution is 1.96. The summed E-state index contributed by atoms with van der Waals surface area (Å²) in [6, 6.07) is 9.81. The molecule has 0 saturated heterocycles. The molecule has 106 valence electrons. The average Bonchev–Trinajstić information content (AvgIpc) is 2.45. The summed E-state index contributed by atoms with van der Waals surface area (Å²) in [7, 11) is 0. The average molecular weight is 266 g/mol. The van der Waals surface area contributed by atoms with Gasteiger partial charge >= 0.3 is 0 Å². The molecule has 0 heterocycles. The molecule has 5 heteroatoms. The van der Waals surface area contributed by atoms with E-state index in [2.05, 4.69) is 10.6 Å². The Labute approximate surface area is 114 Å². The van der Waals surface area contributed by atoms with Crippen LogP contribution in [0.1, 0.15) is 12.0 Å². The summed E-state index contributed by atoms with van der Waals surface area (Å²) < 4.78 is 5.10. The molecule has 0 atom stereocenters. The zero-order valence-corrected chi connectivity index (χ0v) is 11.1. The Hall–Kier alpha value is -1.43. The molecule has 0 saturated carbocycles. The van der Waals surface area contributed by atoms with E-state index in [1.807, 2.05) is 30.3 Å². The summed E-state index contributed by atoms with van der Waals surface area (Å²) in [5.74, 6) is -0.0138. The Morgan fingerprint density at radius 1 is 1.21 bits per heavy atom. The van der Waals surface area contributed by atoms with Gasteiger partial charge in [0.05, 0.1) is 19.8 Å². The van der Waals surface area contributed by atoms with Gasteiger partial charge in [-0.15, -0.1) is 0 Å². The number of carbonyl (C=O) groups is 1. The lowest BCUT2D eigenvalue weighted by molar-refractivity contribution is -0.120. The molecule has 0 aliphatic heterocycles. The highest BCUT2D eigenvalue weighted by molar-refractivity contribution is 5.77. The van der Waals surface area contributed by atoms with E-state index in [1.165, 1.54) is 0 Å². The number of nitrogens with one attached hydrogen (secondary N) is 2. The molecule has 0 radical (unpaired) electrons. The third-order valence-electron chi connectivity index (χ3n) is 2.50. The van der Waals surface area contributed by atoms with Crippen molar-refractivity contribution in [3.8, 4) is 0 Å². The number of hydrogen-bond donors (Lipinski definition) is 3. The van der Waals surface area contributed by atoms with Crippen molar-refractivity contribution in [2.75, 3.05) is 32.9 Å². The van der Waals surface area contributed by atoms with Gasteiger partial charge in [-0.1, -0.05) is 30.3 Å². The van der Waals surface area contributed by atoms with Gasteiger partial charge in [0.2, 0.25) is 5.91 Å². The molecule has 0 bridgehead atoms. The van der Waals surface area contributed by atoms with E-state index in [0.717, 1.165) is 18.5 Å². The van der Waals surface area contributed by atoms with Crippen LogP contribution in [0.25, 0.3) is 0 Å². The first-order chi connectivity index (χ1) is 9.33. The maximum absolute atomic E-state index is 11.5. The van der Waals surface area contributed by atoms with E-state index in [4.69, 9.17) is 9.84 Å². The molecule has 0 aliphatic carbocycles. The number of benzene rings is 1. The van der Waals surface area contributed by atoms with Crippen LogP contribution in [-0.2, 0) is 16.1 Å². The summed E-state index contributed by atoms with van der Waals surface area (Å²) in [6.07, 6.45) is 0.825. The van der Waals surface area contributed by atoms with Crippen molar-refractivity contribution >= 4 is 5.91 Å². The number of rotatable bonds is 10. The molecule has 1 rings (SSSR count). The first-order valence-corrected chi connectivity index (χ1v) is 6.53. The van der Waals surface area contributed by atoms with Crippen LogP contribution in [-0.4, -0.2) is 43.9 Å². The maximum Gasteiger partial charge on any atom is 0.234 e. The van der Waals surface area contributed by atoms with Crippen molar-refractivity contribution in [3.05, 3.63) is 35.9 Å². The largest absolute Gasteiger partial charge is 0.394 e.